The lowest BCUT2D eigenvalue weighted by Crippen LogP contribution is -2.59. The number of carbonyl (C=O) groups is 3. The number of carbonyl (C=O) groups excluding carboxylic acids is 3. The Morgan fingerprint density at radius 2 is 1.83 bits per heavy atom. The number of ether oxygens (including phenoxy) is 4. The molecule has 2 heterocycles. The van der Waals surface area contributed by atoms with Crippen LogP contribution in [-0.4, -0.2) is 79.6 Å². The fraction of sp³-hybridized carbons (Fsp3) is 0.667. The highest BCUT2D eigenvalue weighted by Gasteiger charge is 2.71. The van der Waals surface area contributed by atoms with Gasteiger partial charge in [0.2, 0.25) is 5.91 Å². The Morgan fingerprint density at radius 1 is 1.14 bits per heavy atom. The minimum absolute atomic E-state index is 0.0300. The molecule has 232 valence electrons. The zero-order valence-corrected chi connectivity index (χ0v) is 26.9. The first kappa shape index (κ1) is 32.9. The van der Waals surface area contributed by atoms with Crippen molar-refractivity contribution in [2.24, 2.45) is 11.3 Å². The third-order valence-corrected chi connectivity index (χ3v) is 9.68. The molecular weight excluding hydrogens is 554 g/mol. The minimum atomic E-state index is -0.481. The fourth-order valence-electron chi connectivity index (χ4n) is 6.00. The van der Waals surface area contributed by atoms with E-state index in [1.807, 2.05) is 45.0 Å². The van der Waals surface area contributed by atoms with E-state index >= 15 is 0 Å². The van der Waals surface area contributed by atoms with Gasteiger partial charge in [-0.1, -0.05) is 44.6 Å². The summed E-state index contributed by atoms with van der Waals surface area (Å²) in [5.74, 6) is 0.184. The maximum Gasteiger partial charge on any atom is 0.230 e. The van der Waals surface area contributed by atoms with Crippen molar-refractivity contribution in [3.63, 3.8) is 0 Å². The molecule has 1 N–H and O–H groups in total. The van der Waals surface area contributed by atoms with E-state index in [2.05, 4.69) is 32.2 Å². The summed E-state index contributed by atoms with van der Waals surface area (Å²) in [6.45, 7) is 12.4. The van der Waals surface area contributed by atoms with E-state index in [1.54, 1.807) is 7.11 Å². The van der Waals surface area contributed by atoms with Crippen molar-refractivity contribution in [2.75, 3.05) is 32.7 Å². The van der Waals surface area contributed by atoms with Gasteiger partial charge in [0.1, 0.15) is 18.8 Å². The first-order valence-electron chi connectivity index (χ1n) is 14.9. The van der Waals surface area contributed by atoms with Crippen LogP contribution in [0.4, 0.5) is 0 Å². The highest BCUT2D eigenvalue weighted by Crippen LogP contribution is 2.59. The van der Waals surface area contributed by atoms with E-state index in [0.717, 1.165) is 29.7 Å². The van der Waals surface area contributed by atoms with E-state index in [0.29, 0.717) is 6.61 Å². The Labute approximate surface area is 254 Å². The van der Waals surface area contributed by atoms with Crippen LogP contribution in [0.15, 0.2) is 40.8 Å². The van der Waals surface area contributed by atoms with Crippen LogP contribution in [0.2, 0.25) is 0 Å². The predicted octanol–water partition coefficient (Wildman–Crippen LogP) is 4.71. The summed E-state index contributed by atoms with van der Waals surface area (Å²) in [7, 11) is 1.72. The quantitative estimate of drug-likeness (QED) is 0.186. The Morgan fingerprint density at radius 3 is 2.43 bits per heavy atom. The van der Waals surface area contributed by atoms with E-state index in [9.17, 15) is 14.4 Å². The molecule has 1 aromatic rings. The van der Waals surface area contributed by atoms with Gasteiger partial charge in [-0.3, -0.25) is 14.4 Å². The number of ketones is 2. The van der Waals surface area contributed by atoms with Crippen LogP contribution < -0.4 is 5.32 Å². The molecule has 6 atom stereocenters. The third-order valence-electron chi connectivity index (χ3n) is 8.67. The van der Waals surface area contributed by atoms with Gasteiger partial charge in [-0.25, -0.2) is 0 Å². The Kier molecular flexibility index (Phi) is 10.4. The lowest BCUT2D eigenvalue weighted by molar-refractivity contribution is -0.133. The van der Waals surface area contributed by atoms with Crippen LogP contribution >= 0.6 is 11.8 Å². The van der Waals surface area contributed by atoms with Gasteiger partial charge in [-0.05, 0) is 57.7 Å². The molecule has 3 fully saturated rings. The smallest absolute Gasteiger partial charge is 0.230 e. The van der Waals surface area contributed by atoms with E-state index in [4.69, 9.17) is 18.9 Å². The number of Topliss-reactive ketones (excluding diaryl/α,β-unsaturated/α-hetero) is 2. The number of amides is 1. The van der Waals surface area contributed by atoms with Crippen molar-refractivity contribution < 1.29 is 33.3 Å². The van der Waals surface area contributed by atoms with Crippen LogP contribution in [0.5, 0.6) is 0 Å². The van der Waals surface area contributed by atoms with Crippen LogP contribution in [0.1, 0.15) is 66.4 Å². The van der Waals surface area contributed by atoms with E-state index in [-0.39, 0.29) is 78.2 Å². The molecular formula is C33H47NO7S. The zero-order valence-electron chi connectivity index (χ0n) is 26.1. The molecule has 1 aromatic carbocycles. The summed E-state index contributed by atoms with van der Waals surface area (Å²) < 4.78 is 23.7. The second-order valence-electron chi connectivity index (χ2n) is 13.4. The summed E-state index contributed by atoms with van der Waals surface area (Å²) in [6.07, 6.45) is 4.94. The number of rotatable bonds is 14. The molecule has 9 heteroatoms. The molecule has 2 aliphatic heterocycles. The number of nitrogens with one attached hydrogen (secondary N) is 1. The summed E-state index contributed by atoms with van der Waals surface area (Å²) in [5, 5.41) is 3.23. The largest absolute Gasteiger partial charge is 0.379 e. The molecule has 0 bridgehead atoms. The summed E-state index contributed by atoms with van der Waals surface area (Å²) >= 11 is 1.46. The molecule has 1 aliphatic carbocycles. The third kappa shape index (κ3) is 8.11. The van der Waals surface area contributed by atoms with Gasteiger partial charge in [0.25, 0.3) is 0 Å². The number of allylic oxidation sites excluding steroid dienone is 1. The monoisotopic (exact) mass is 601 g/mol. The highest BCUT2D eigenvalue weighted by atomic mass is 32.2. The van der Waals surface area contributed by atoms with Crippen molar-refractivity contribution in [3.8, 4) is 0 Å². The van der Waals surface area contributed by atoms with Crippen molar-refractivity contribution in [3.05, 3.63) is 41.5 Å². The first-order valence-corrected chi connectivity index (χ1v) is 15.9. The number of benzene rings is 1. The van der Waals surface area contributed by atoms with Crippen LogP contribution in [0.3, 0.4) is 0 Å². The molecule has 8 nitrogen and oxygen atoms in total. The van der Waals surface area contributed by atoms with Crippen molar-refractivity contribution in [2.45, 2.75) is 102 Å². The number of methoxy groups -OCH3 is 1. The van der Waals surface area contributed by atoms with Crippen molar-refractivity contribution in [1.29, 1.82) is 0 Å². The lowest BCUT2D eigenvalue weighted by atomic mass is 9.67. The summed E-state index contributed by atoms with van der Waals surface area (Å²) in [4.78, 5) is 38.2. The van der Waals surface area contributed by atoms with Gasteiger partial charge >= 0.3 is 0 Å². The highest BCUT2D eigenvalue weighted by molar-refractivity contribution is 8.00. The maximum absolute atomic E-state index is 13.0. The predicted molar refractivity (Wildman–Crippen MR) is 163 cm³/mol. The molecule has 1 spiro atoms. The van der Waals surface area contributed by atoms with E-state index in [1.165, 1.54) is 17.3 Å². The molecule has 0 aromatic heterocycles. The minimum Gasteiger partial charge on any atom is -0.379 e. The van der Waals surface area contributed by atoms with E-state index < -0.39 is 5.41 Å². The molecule has 0 unspecified atom stereocenters. The Bertz CT molecular complexity index is 1170. The number of hydrogen-bond donors (Lipinski definition) is 1. The van der Waals surface area contributed by atoms with Gasteiger partial charge in [-0.15, -0.1) is 11.8 Å². The summed E-state index contributed by atoms with van der Waals surface area (Å²) in [6, 6.07) is 7.52. The lowest BCUT2D eigenvalue weighted by Gasteiger charge is -2.43. The average molecular weight is 602 g/mol. The van der Waals surface area contributed by atoms with Crippen LogP contribution in [0.25, 0.3) is 0 Å². The number of thioether (sulfide) groups is 1. The Hall–Kier alpha value is -2.04. The van der Waals surface area contributed by atoms with Crippen molar-refractivity contribution in [1.82, 2.24) is 5.32 Å². The summed E-state index contributed by atoms with van der Waals surface area (Å²) in [5.41, 5.74) is 1.11. The molecule has 1 saturated carbocycles. The standard InChI is InChI=1S/C33H47NO7S/c1-21(2)8-13-27-32(6,41-27)30-29(38-7)25(14-15-33(30)20-40-33)34-28(37)19-42-24-11-9-22(10-12-24)16-23(35)17-39-18-26(36)31(3,4)5/h8-12,25,27,29-30H,13-20H2,1-7H3,(H,34,37)/t25-,27-,29-,30-,32-,33+/m1/s1. The fourth-order valence-corrected chi connectivity index (χ4v) is 6.71. The molecule has 3 aliphatic rings. The van der Waals surface area contributed by atoms with Gasteiger partial charge in [0.15, 0.2) is 11.6 Å². The van der Waals surface area contributed by atoms with Crippen molar-refractivity contribution >= 4 is 29.2 Å². The first-order chi connectivity index (χ1) is 19.8. The average Bonchev–Trinajstić information content (AvgIpc) is 3.84. The topological polar surface area (TPSA) is 107 Å². The van der Waals surface area contributed by atoms with Gasteiger partial charge in [0, 0.05) is 29.8 Å². The number of epoxide rings is 2. The second kappa shape index (κ2) is 13.3. The molecule has 4 rings (SSSR count). The SMILES string of the molecule is CO[C@@H]1[C@H](NC(=O)CSc2ccc(CC(=O)COCC(=O)C(C)(C)C)cc2)CC[C@]2(CO2)[C@H]1[C@]1(C)O[C@@H]1CC=C(C)C. The van der Waals surface area contributed by atoms with Crippen LogP contribution in [-0.2, 0) is 39.8 Å². The second-order valence-corrected chi connectivity index (χ2v) is 14.4. The molecule has 2 saturated heterocycles. The van der Waals surface area contributed by atoms with Gasteiger partial charge < -0.3 is 24.3 Å². The zero-order chi connectivity index (χ0) is 30.7. The van der Waals surface area contributed by atoms with Gasteiger partial charge in [0.05, 0.1) is 36.2 Å². The van der Waals surface area contributed by atoms with Crippen LogP contribution in [0, 0.1) is 11.3 Å². The molecule has 0 radical (unpaired) electrons. The molecule has 42 heavy (non-hydrogen) atoms. The van der Waals surface area contributed by atoms with Gasteiger partial charge in [-0.2, -0.15) is 0 Å². The number of hydrogen-bond acceptors (Lipinski definition) is 8. The normalized spacial score (nSPS) is 30.1. The molecule has 1 amide bonds. The maximum atomic E-state index is 13.0. The Balaban J connectivity index is 1.24.